The highest BCUT2D eigenvalue weighted by Gasteiger charge is 2.22. The summed E-state index contributed by atoms with van der Waals surface area (Å²) in [6.07, 6.45) is 0. The van der Waals surface area contributed by atoms with Crippen molar-refractivity contribution in [1.29, 1.82) is 0 Å². The minimum absolute atomic E-state index is 0.0328. The molecule has 1 aromatic carbocycles. The van der Waals surface area contributed by atoms with Gasteiger partial charge in [-0.25, -0.2) is 18.4 Å². The van der Waals surface area contributed by atoms with Gasteiger partial charge in [0.2, 0.25) is 27.8 Å². The summed E-state index contributed by atoms with van der Waals surface area (Å²) in [5.41, 5.74) is 0.903. The lowest BCUT2D eigenvalue weighted by molar-refractivity contribution is -0.125. The lowest BCUT2D eigenvalue weighted by atomic mass is 10.2. The number of benzene rings is 1. The average Bonchev–Trinajstić information content (AvgIpc) is 2.58. The largest absolute Gasteiger partial charge is 0.346 e. The highest BCUT2D eigenvalue weighted by atomic mass is 35.5. The van der Waals surface area contributed by atoms with Gasteiger partial charge in [-0.1, -0.05) is 40.9 Å². The Hall–Kier alpha value is -2.27. The van der Waals surface area contributed by atoms with Crippen LogP contribution in [-0.2, 0) is 19.6 Å². The number of hydrogen-bond donors (Lipinski definition) is 3. The molecule has 12 heteroatoms. The van der Waals surface area contributed by atoms with Gasteiger partial charge in [-0.2, -0.15) is 4.72 Å². The van der Waals surface area contributed by atoms with Gasteiger partial charge in [-0.15, -0.1) is 0 Å². The first-order valence-corrected chi connectivity index (χ1v) is 10.2. The number of anilines is 1. The summed E-state index contributed by atoms with van der Waals surface area (Å²) in [6, 6.07) is 6.36. The number of sulfonamides is 1. The molecule has 0 spiro atoms. The summed E-state index contributed by atoms with van der Waals surface area (Å²) in [4.78, 5) is 31.5. The number of aryl methyl sites for hydroxylation is 1. The zero-order valence-electron chi connectivity index (χ0n) is 14.9. The summed E-state index contributed by atoms with van der Waals surface area (Å²) in [5, 5.41) is 4.71. The molecule has 2 amide bonds. The number of rotatable bonds is 7. The zero-order valence-corrected chi connectivity index (χ0v) is 17.2. The van der Waals surface area contributed by atoms with E-state index in [1.54, 1.807) is 12.1 Å². The Morgan fingerprint density at radius 1 is 1.11 bits per heavy atom. The van der Waals surface area contributed by atoms with Crippen molar-refractivity contribution in [3.05, 3.63) is 46.2 Å². The van der Waals surface area contributed by atoms with E-state index in [9.17, 15) is 18.0 Å². The lowest BCUT2D eigenvalue weighted by Crippen LogP contribution is -2.46. The van der Waals surface area contributed by atoms with Crippen LogP contribution in [0.5, 0.6) is 0 Å². The number of nitrogens with zero attached hydrogens (tertiary/aromatic N) is 2. The van der Waals surface area contributed by atoms with Gasteiger partial charge in [-0.3, -0.25) is 14.9 Å². The summed E-state index contributed by atoms with van der Waals surface area (Å²) in [5.74, 6) is -1.44. The minimum atomic E-state index is -3.88. The van der Waals surface area contributed by atoms with Crippen LogP contribution in [0.15, 0.2) is 35.2 Å². The predicted molar refractivity (Wildman–Crippen MR) is 105 cm³/mol. The van der Waals surface area contributed by atoms with Crippen molar-refractivity contribution < 1.29 is 18.0 Å². The van der Waals surface area contributed by atoms with E-state index in [-0.39, 0.29) is 21.2 Å². The highest BCUT2D eigenvalue weighted by Crippen LogP contribution is 2.14. The Labute approximate surface area is 171 Å². The smallest absolute Gasteiger partial charge is 0.246 e. The second-order valence-corrected chi connectivity index (χ2v) is 8.25. The number of carbonyl (C=O) groups excluding carboxylic acids is 2. The van der Waals surface area contributed by atoms with Gasteiger partial charge in [0.05, 0.1) is 17.5 Å². The van der Waals surface area contributed by atoms with Gasteiger partial charge >= 0.3 is 0 Å². The molecular weight excluding hydrogens is 429 g/mol. The Morgan fingerprint density at radius 3 is 2.25 bits per heavy atom. The van der Waals surface area contributed by atoms with Crippen molar-refractivity contribution in [2.75, 3.05) is 11.9 Å². The third kappa shape index (κ3) is 6.41. The van der Waals surface area contributed by atoms with Gasteiger partial charge in [0, 0.05) is 6.07 Å². The monoisotopic (exact) mass is 445 g/mol. The topological polar surface area (TPSA) is 130 Å². The molecule has 0 aliphatic heterocycles. The maximum absolute atomic E-state index is 12.3. The number of aromatic nitrogens is 2. The summed E-state index contributed by atoms with van der Waals surface area (Å²) >= 11 is 11.4. The van der Waals surface area contributed by atoms with Gasteiger partial charge < -0.3 is 5.32 Å². The van der Waals surface area contributed by atoms with Crippen LogP contribution in [0, 0.1) is 6.92 Å². The first kappa shape index (κ1) is 22.0. The fourth-order valence-corrected chi connectivity index (χ4v) is 3.63. The van der Waals surface area contributed by atoms with Crippen LogP contribution in [0.25, 0.3) is 0 Å². The van der Waals surface area contributed by atoms with Crippen molar-refractivity contribution in [2.45, 2.75) is 24.8 Å². The van der Waals surface area contributed by atoms with E-state index in [4.69, 9.17) is 23.2 Å². The molecule has 28 heavy (non-hydrogen) atoms. The van der Waals surface area contributed by atoms with E-state index in [0.29, 0.717) is 0 Å². The van der Waals surface area contributed by atoms with Crippen molar-refractivity contribution in [3.8, 4) is 0 Å². The molecule has 1 heterocycles. The van der Waals surface area contributed by atoms with E-state index >= 15 is 0 Å². The fourth-order valence-electron chi connectivity index (χ4n) is 2.01. The van der Waals surface area contributed by atoms with E-state index < -0.39 is 34.4 Å². The molecule has 0 aliphatic carbocycles. The second-order valence-electron chi connectivity index (χ2n) is 5.76. The third-order valence-electron chi connectivity index (χ3n) is 3.39. The van der Waals surface area contributed by atoms with Crippen LogP contribution >= 0.6 is 23.2 Å². The molecule has 0 bridgehead atoms. The molecule has 1 atom stereocenters. The van der Waals surface area contributed by atoms with Crippen molar-refractivity contribution in [3.63, 3.8) is 0 Å². The maximum atomic E-state index is 12.3. The zero-order chi connectivity index (χ0) is 20.9. The van der Waals surface area contributed by atoms with Crippen LogP contribution < -0.4 is 15.4 Å². The Kier molecular flexibility index (Phi) is 7.30. The maximum Gasteiger partial charge on any atom is 0.246 e. The summed E-state index contributed by atoms with van der Waals surface area (Å²) in [6.45, 7) is 2.76. The van der Waals surface area contributed by atoms with E-state index in [0.717, 1.165) is 5.56 Å². The van der Waals surface area contributed by atoms with Crippen LogP contribution in [0.4, 0.5) is 5.95 Å². The van der Waals surface area contributed by atoms with Gasteiger partial charge in [0.15, 0.2) is 0 Å². The Bertz CT molecular complexity index is 963. The van der Waals surface area contributed by atoms with E-state index in [2.05, 4.69) is 25.3 Å². The molecule has 0 fully saturated rings. The van der Waals surface area contributed by atoms with Crippen molar-refractivity contribution >= 4 is 51.0 Å². The fraction of sp³-hybridized carbons (Fsp3) is 0.250. The van der Waals surface area contributed by atoms with Crippen molar-refractivity contribution in [1.82, 2.24) is 20.0 Å². The second kappa shape index (κ2) is 9.28. The molecule has 0 saturated carbocycles. The molecule has 0 aliphatic rings. The molecular formula is C16H17Cl2N5O4S. The minimum Gasteiger partial charge on any atom is -0.346 e. The average molecular weight is 446 g/mol. The number of carbonyl (C=O) groups is 2. The molecule has 150 valence electrons. The molecule has 1 aromatic heterocycles. The normalized spacial score (nSPS) is 12.3. The summed E-state index contributed by atoms with van der Waals surface area (Å²) < 4.78 is 26.8. The standard InChI is InChI=1S/C16H17Cl2N5O4S/c1-9-3-5-11(6-4-9)28(26,27)23-10(2)15(25)19-8-14(24)22-16-20-12(17)7-13(18)21-16/h3-7,10,23H,8H2,1-2H3,(H,19,25)(H,20,21,22,24)/t10-/m0/s1. The van der Waals surface area contributed by atoms with Gasteiger partial charge in [0.25, 0.3) is 0 Å². The molecule has 2 aromatic rings. The van der Waals surface area contributed by atoms with Crippen molar-refractivity contribution in [2.24, 2.45) is 0 Å². The third-order valence-corrected chi connectivity index (χ3v) is 5.34. The Balaban J connectivity index is 1.89. The molecule has 2 rings (SSSR count). The highest BCUT2D eigenvalue weighted by molar-refractivity contribution is 7.89. The summed E-state index contributed by atoms with van der Waals surface area (Å²) in [7, 11) is -3.88. The number of hydrogen-bond acceptors (Lipinski definition) is 6. The predicted octanol–water partition coefficient (Wildman–Crippen LogP) is 1.51. The molecule has 3 N–H and O–H groups in total. The van der Waals surface area contributed by atoms with Crippen LogP contribution in [-0.4, -0.2) is 42.8 Å². The van der Waals surface area contributed by atoms with Crippen LogP contribution in [0.1, 0.15) is 12.5 Å². The number of nitrogens with one attached hydrogen (secondary N) is 3. The van der Waals surface area contributed by atoms with E-state index in [1.165, 1.54) is 25.1 Å². The molecule has 9 nitrogen and oxygen atoms in total. The van der Waals surface area contributed by atoms with Crippen LogP contribution in [0.2, 0.25) is 10.3 Å². The SMILES string of the molecule is Cc1ccc(S(=O)(=O)N[C@@H](C)C(=O)NCC(=O)Nc2nc(Cl)cc(Cl)n2)cc1. The lowest BCUT2D eigenvalue weighted by Gasteiger charge is -2.14. The molecule has 0 saturated heterocycles. The first-order valence-electron chi connectivity index (χ1n) is 7.93. The van der Waals surface area contributed by atoms with Gasteiger partial charge in [-0.05, 0) is 26.0 Å². The Morgan fingerprint density at radius 2 is 1.68 bits per heavy atom. The van der Waals surface area contributed by atoms with Crippen LogP contribution in [0.3, 0.4) is 0 Å². The number of amides is 2. The molecule has 0 radical (unpaired) electrons. The molecule has 0 unspecified atom stereocenters. The number of halogens is 2. The quantitative estimate of drug-likeness (QED) is 0.553. The first-order chi connectivity index (χ1) is 13.1. The van der Waals surface area contributed by atoms with E-state index in [1.807, 2.05) is 6.92 Å². The van der Waals surface area contributed by atoms with Gasteiger partial charge in [0.1, 0.15) is 10.3 Å².